The van der Waals surface area contributed by atoms with Gasteiger partial charge in [0.25, 0.3) is 11.8 Å². The molecule has 0 radical (unpaired) electrons. The Hall–Kier alpha value is -7.33. The van der Waals surface area contributed by atoms with Gasteiger partial charge in [-0.3, -0.25) is 24.2 Å². The Morgan fingerprint density at radius 3 is 1.54 bits per heavy atom. The minimum absolute atomic E-state index is 0.0647. The van der Waals surface area contributed by atoms with Crippen LogP contribution in [-0.4, -0.2) is 80.1 Å². The van der Waals surface area contributed by atoms with E-state index in [1.165, 1.54) is 22.2 Å². The second kappa shape index (κ2) is 16.7. The summed E-state index contributed by atoms with van der Waals surface area (Å²) in [6.45, 7) is 5.57. The Labute approximate surface area is 350 Å². The van der Waals surface area contributed by atoms with Crippen LogP contribution in [0.15, 0.2) is 120 Å². The molecule has 0 spiro atoms. The number of aromatic nitrogens is 4. The van der Waals surface area contributed by atoms with Crippen molar-refractivity contribution in [1.82, 2.24) is 28.9 Å². The molecule has 0 bridgehead atoms. The second-order valence-corrected chi connectivity index (χ2v) is 14.4. The molecule has 4 aromatic heterocycles. The maximum atomic E-state index is 14.3. The molecule has 0 fully saturated rings. The van der Waals surface area contributed by atoms with Crippen molar-refractivity contribution in [3.05, 3.63) is 155 Å². The summed E-state index contributed by atoms with van der Waals surface area (Å²) in [5, 5.41) is 0. The number of methoxy groups -OCH3 is 1. The van der Waals surface area contributed by atoms with E-state index >= 15 is 0 Å². The van der Waals surface area contributed by atoms with E-state index in [4.69, 9.17) is 16.2 Å². The molecule has 6 heterocycles. The molecule has 14 nitrogen and oxygen atoms in total. The molecular formula is C45H44F2N10O4. The average molecular weight is 827 g/mol. The van der Waals surface area contributed by atoms with Gasteiger partial charge in [-0.15, -0.1) is 0 Å². The van der Waals surface area contributed by atoms with Crippen molar-refractivity contribution in [3.8, 4) is 22.3 Å². The Kier molecular flexibility index (Phi) is 11.5. The Balaban J connectivity index is 0.000000184. The first-order valence-electron chi connectivity index (χ1n) is 19.4. The summed E-state index contributed by atoms with van der Waals surface area (Å²) >= 11 is 0. The van der Waals surface area contributed by atoms with Crippen molar-refractivity contribution >= 4 is 30.0 Å². The lowest BCUT2D eigenvalue weighted by Crippen LogP contribution is -2.41. The largest absolute Gasteiger partial charge is 0.378 e. The van der Waals surface area contributed by atoms with E-state index in [1.54, 1.807) is 105 Å². The minimum atomic E-state index is -1.47. The van der Waals surface area contributed by atoms with Gasteiger partial charge in [-0.05, 0) is 84.6 Å². The molecule has 61 heavy (non-hydrogen) atoms. The smallest absolute Gasteiger partial charge is 0.266 e. The van der Waals surface area contributed by atoms with Gasteiger partial charge in [-0.1, -0.05) is 36.4 Å². The number of hydrogen-bond acceptors (Lipinski definition) is 10. The van der Waals surface area contributed by atoms with Gasteiger partial charge in [0.05, 0.1) is 12.3 Å². The van der Waals surface area contributed by atoms with Crippen molar-refractivity contribution in [3.63, 3.8) is 0 Å². The zero-order valence-corrected chi connectivity index (χ0v) is 34.2. The van der Waals surface area contributed by atoms with Crippen LogP contribution in [0, 0.1) is 11.9 Å². The predicted molar refractivity (Wildman–Crippen MR) is 226 cm³/mol. The molecule has 8 rings (SSSR count). The van der Waals surface area contributed by atoms with Crippen LogP contribution in [0.2, 0.25) is 0 Å². The molecule has 2 unspecified atom stereocenters. The first-order chi connectivity index (χ1) is 29.3. The number of hydrogen-bond donors (Lipinski definition) is 2. The summed E-state index contributed by atoms with van der Waals surface area (Å²) < 4.78 is 37.7. The number of amides is 2. The first-order valence-corrected chi connectivity index (χ1v) is 19.4. The quantitative estimate of drug-likeness (QED) is 0.128. The van der Waals surface area contributed by atoms with Gasteiger partial charge in [0.2, 0.25) is 11.9 Å². The van der Waals surface area contributed by atoms with Gasteiger partial charge in [0.15, 0.2) is 29.3 Å². The van der Waals surface area contributed by atoms with Crippen LogP contribution >= 0.6 is 0 Å². The van der Waals surface area contributed by atoms with Gasteiger partial charge in [-0.25, -0.2) is 20.0 Å². The third kappa shape index (κ3) is 7.13. The maximum Gasteiger partial charge on any atom is 0.266 e. The van der Waals surface area contributed by atoms with E-state index in [0.717, 1.165) is 12.0 Å². The summed E-state index contributed by atoms with van der Waals surface area (Å²) in [6, 6.07) is 24.2. The summed E-state index contributed by atoms with van der Waals surface area (Å²) in [6.07, 6.45) is 7.14. The number of nitrogens with zero attached hydrogens (tertiary/aromatic N) is 8. The van der Waals surface area contributed by atoms with Crippen LogP contribution in [0.1, 0.15) is 52.3 Å². The number of rotatable bonds is 11. The lowest BCUT2D eigenvalue weighted by Gasteiger charge is -2.25. The SMILES string of the molecule is CCn1cc(C2(c3cccc(-c4cccnc4F)c3)N=C(N)N(C)C2=O)cc1C=O.CCn1cc(C2(c3cccc(-c4cccnc4F)c3)N=C(N)N(C)C2=O)cc1COC. The number of benzene rings is 2. The van der Waals surface area contributed by atoms with Gasteiger partial charge < -0.3 is 25.3 Å². The predicted octanol–water partition coefficient (Wildman–Crippen LogP) is 5.44. The summed E-state index contributed by atoms with van der Waals surface area (Å²) in [5.41, 5.74) is 14.8. The Morgan fingerprint density at radius 1 is 0.672 bits per heavy atom. The number of guanidine groups is 2. The van der Waals surface area contributed by atoms with Crippen LogP contribution in [-0.2, 0) is 45.1 Å². The number of carbonyl (C=O) groups is 3. The Bertz CT molecular complexity index is 2730. The molecule has 2 atom stereocenters. The van der Waals surface area contributed by atoms with Gasteiger partial charge in [0.1, 0.15) is 0 Å². The fraction of sp³-hybridized carbons (Fsp3) is 0.222. The van der Waals surface area contributed by atoms with Crippen LogP contribution in [0.25, 0.3) is 22.3 Å². The number of aryl methyl sites for hydroxylation is 2. The number of nitrogens with two attached hydrogens (primary N) is 2. The molecule has 6 aromatic rings. The van der Waals surface area contributed by atoms with Crippen molar-refractivity contribution in [2.75, 3.05) is 21.2 Å². The molecule has 0 aliphatic carbocycles. The highest BCUT2D eigenvalue weighted by Crippen LogP contribution is 2.43. The van der Waals surface area contributed by atoms with E-state index in [-0.39, 0.29) is 23.7 Å². The monoisotopic (exact) mass is 826 g/mol. The number of ether oxygens (including phenoxy) is 1. The van der Waals surface area contributed by atoms with Crippen molar-refractivity contribution < 1.29 is 27.9 Å². The van der Waals surface area contributed by atoms with Crippen LogP contribution < -0.4 is 11.5 Å². The number of aldehydes is 1. The Morgan fingerprint density at radius 2 is 1.15 bits per heavy atom. The topological polar surface area (TPSA) is 179 Å². The standard InChI is InChI=1S/C23H24FN5O2.C22H20FN5O2/c1-4-29-13-17(12-18(29)14-31-3)23(21(30)28(2)22(25)27-23)16-8-5-7-15(11-16)19-9-6-10-26-20(19)24;1-3-28-12-16(11-17(28)13-29)22(20(30)27(2)21(24)26-22)15-7-4-6-14(10-15)18-8-5-9-25-19(18)23/h5-13H,4,14H2,1-3H3,(H2,25,27);4-13H,3H2,1-2H3,(H2,24,26). The normalized spacial score (nSPS) is 18.5. The zero-order valence-electron chi connectivity index (χ0n) is 34.2. The second-order valence-electron chi connectivity index (χ2n) is 14.4. The van der Waals surface area contributed by atoms with Gasteiger partial charge >= 0.3 is 0 Å². The third-order valence-electron chi connectivity index (χ3n) is 11.0. The summed E-state index contributed by atoms with van der Waals surface area (Å²) in [5.74, 6) is -1.62. The fourth-order valence-electron chi connectivity index (χ4n) is 7.81. The van der Waals surface area contributed by atoms with E-state index in [2.05, 4.69) is 20.0 Å². The molecule has 0 saturated carbocycles. The number of likely N-dealkylation sites (N-methyl/N-ethyl adjacent to an activating group) is 2. The summed E-state index contributed by atoms with van der Waals surface area (Å²) in [7, 11) is 4.77. The highest BCUT2D eigenvalue weighted by molar-refractivity contribution is 6.10. The van der Waals surface area contributed by atoms with Crippen LogP contribution in [0.4, 0.5) is 8.78 Å². The first kappa shape index (κ1) is 41.8. The molecule has 0 saturated heterocycles. The molecule has 2 amide bonds. The van der Waals surface area contributed by atoms with Crippen molar-refractivity contribution in [1.29, 1.82) is 0 Å². The molecular weight excluding hydrogens is 783 g/mol. The number of pyridine rings is 2. The van der Waals surface area contributed by atoms with E-state index in [1.807, 2.05) is 36.7 Å². The van der Waals surface area contributed by atoms with E-state index in [9.17, 15) is 23.2 Å². The van der Waals surface area contributed by atoms with E-state index < -0.39 is 23.0 Å². The number of aliphatic imine (C=N–C) groups is 2. The molecule has 312 valence electrons. The molecule has 16 heteroatoms. The van der Waals surface area contributed by atoms with Crippen molar-refractivity contribution in [2.45, 2.75) is 44.6 Å². The molecule has 2 aliphatic heterocycles. The molecule has 2 aliphatic rings. The minimum Gasteiger partial charge on any atom is -0.378 e. The van der Waals surface area contributed by atoms with Gasteiger partial charge in [0, 0.05) is 87.0 Å². The highest BCUT2D eigenvalue weighted by atomic mass is 19.1. The molecule has 4 N–H and O–H groups in total. The number of halogens is 2. The fourth-order valence-corrected chi connectivity index (χ4v) is 7.81. The lowest BCUT2D eigenvalue weighted by molar-refractivity contribution is -0.130. The van der Waals surface area contributed by atoms with E-state index in [0.29, 0.717) is 69.9 Å². The van der Waals surface area contributed by atoms with Crippen molar-refractivity contribution in [2.24, 2.45) is 21.5 Å². The highest BCUT2D eigenvalue weighted by Gasteiger charge is 2.51. The lowest BCUT2D eigenvalue weighted by atomic mass is 9.83. The summed E-state index contributed by atoms with van der Waals surface area (Å²) in [4.78, 5) is 57.7. The third-order valence-corrected chi connectivity index (χ3v) is 11.0. The van der Waals surface area contributed by atoms with Gasteiger partial charge in [-0.2, -0.15) is 8.78 Å². The van der Waals surface area contributed by atoms with Crippen LogP contribution in [0.5, 0.6) is 0 Å². The average Bonchev–Trinajstić information content (AvgIpc) is 4.01. The maximum absolute atomic E-state index is 14.3. The molecule has 2 aromatic carbocycles. The number of carbonyl (C=O) groups excluding carboxylic acids is 3. The zero-order chi connectivity index (χ0) is 43.6. The van der Waals surface area contributed by atoms with Crippen LogP contribution in [0.3, 0.4) is 0 Å².